The summed E-state index contributed by atoms with van der Waals surface area (Å²) in [5.74, 6) is 2.04. The summed E-state index contributed by atoms with van der Waals surface area (Å²) in [4.78, 5) is 12.0. The van der Waals surface area contributed by atoms with Gasteiger partial charge in [0.2, 0.25) is 5.91 Å². The summed E-state index contributed by atoms with van der Waals surface area (Å²) >= 11 is 0. The lowest BCUT2D eigenvalue weighted by atomic mass is 9.88. The van der Waals surface area contributed by atoms with Crippen molar-refractivity contribution in [3.63, 3.8) is 0 Å². The standard InChI is InChI=1S/C16H24N2O2/c1-12-7-8-17-10-14(12)11-18-16(19)9-13-5-3-4-6-15(13)20-2/h3-6,12,14,17H,7-11H2,1-2H3,(H,18,19). The Kier molecular flexibility index (Phi) is 5.41. The maximum absolute atomic E-state index is 12.0. The van der Waals surface area contributed by atoms with Gasteiger partial charge in [0.05, 0.1) is 13.5 Å². The second kappa shape index (κ2) is 7.29. The van der Waals surface area contributed by atoms with E-state index in [0.717, 1.165) is 30.9 Å². The van der Waals surface area contributed by atoms with E-state index in [1.807, 2.05) is 24.3 Å². The topological polar surface area (TPSA) is 50.4 Å². The maximum Gasteiger partial charge on any atom is 0.224 e. The van der Waals surface area contributed by atoms with E-state index in [4.69, 9.17) is 4.74 Å². The van der Waals surface area contributed by atoms with Gasteiger partial charge in [-0.2, -0.15) is 0 Å². The molecule has 2 N–H and O–H groups in total. The second-order valence-electron chi connectivity index (χ2n) is 5.52. The zero-order valence-electron chi connectivity index (χ0n) is 12.3. The van der Waals surface area contributed by atoms with Gasteiger partial charge in [-0.05, 0) is 37.4 Å². The van der Waals surface area contributed by atoms with E-state index in [9.17, 15) is 4.79 Å². The molecule has 110 valence electrons. The summed E-state index contributed by atoms with van der Waals surface area (Å²) in [6.45, 7) is 5.10. The number of para-hydroxylation sites is 1. The number of piperidine rings is 1. The number of amides is 1. The van der Waals surface area contributed by atoms with Crippen LogP contribution >= 0.6 is 0 Å². The Hall–Kier alpha value is -1.55. The first-order valence-electron chi connectivity index (χ1n) is 7.30. The third-order valence-corrected chi connectivity index (χ3v) is 4.09. The van der Waals surface area contributed by atoms with Crippen molar-refractivity contribution >= 4 is 5.91 Å². The molecular weight excluding hydrogens is 252 g/mol. The first kappa shape index (κ1) is 14.9. The normalized spacial score (nSPS) is 22.3. The third-order valence-electron chi connectivity index (χ3n) is 4.09. The lowest BCUT2D eigenvalue weighted by molar-refractivity contribution is -0.120. The number of hydrogen-bond donors (Lipinski definition) is 2. The molecule has 0 bridgehead atoms. The zero-order chi connectivity index (χ0) is 14.4. The number of carbonyl (C=O) groups excluding carboxylic acids is 1. The minimum absolute atomic E-state index is 0.0623. The van der Waals surface area contributed by atoms with Gasteiger partial charge in [-0.15, -0.1) is 0 Å². The van der Waals surface area contributed by atoms with E-state index in [1.54, 1.807) is 7.11 Å². The van der Waals surface area contributed by atoms with Gasteiger partial charge in [0.15, 0.2) is 0 Å². The molecule has 2 atom stereocenters. The van der Waals surface area contributed by atoms with Crippen molar-refractivity contribution in [2.75, 3.05) is 26.7 Å². The summed E-state index contributed by atoms with van der Waals surface area (Å²) in [7, 11) is 1.63. The quantitative estimate of drug-likeness (QED) is 0.859. The van der Waals surface area contributed by atoms with Crippen LogP contribution in [0, 0.1) is 11.8 Å². The highest BCUT2D eigenvalue weighted by molar-refractivity contribution is 5.79. The molecule has 1 aromatic carbocycles. The molecule has 0 aliphatic carbocycles. The van der Waals surface area contributed by atoms with Crippen LogP contribution in [0.2, 0.25) is 0 Å². The first-order chi connectivity index (χ1) is 9.70. The molecule has 1 aromatic rings. The Morgan fingerprint density at radius 3 is 3.00 bits per heavy atom. The lowest BCUT2D eigenvalue weighted by Gasteiger charge is -2.29. The Morgan fingerprint density at radius 2 is 2.25 bits per heavy atom. The van der Waals surface area contributed by atoms with Gasteiger partial charge in [0.1, 0.15) is 5.75 Å². The fraction of sp³-hybridized carbons (Fsp3) is 0.562. The summed E-state index contributed by atoms with van der Waals surface area (Å²) in [6, 6.07) is 7.66. The number of ether oxygens (including phenoxy) is 1. The Morgan fingerprint density at radius 1 is 1.45 bits per heavy atom. The molecule has 2 unspecified atom stereocenters. The van der Waals surface area contributed by atoms with E-state index in [2.05, 4.69) is 17.6 Å². The number of hydrogen-bond acceptors (Lipinski definition) is 3. The van der Waals surface area contributed by atoms with E-state index in [0.29, 0.717) is 18.3 Å². The smallest absolute Gasteiger partial charge is 0.224 e. The minimum Gasteiger partial charge on any atom is -0.496 e. The fourth-order valence-electron chi connectivity index (χ4n) is 2.66. The summed E-state index contributed by atoms with van der Waals surface area (Å²) < 4.78 is 5.27. The van der Waals surface area contributed by atoms with Gasteiger partial charge >= 0.3 is 0 Å². The minimum atomic E-state index is 0.0623. The van der Waals surface area contributed by atoms with E-state index in [-0.39, 0.29) is 5.91 Å². The molecule has 1 saturated heterocycles. The Balaban J connectivity index is 1.83. The summed E-state index contributed by atoms with van der Waals surface area (Å²) in [6.07, 6.45) is 1.56. The molecule has 4 heteroatoms. The largest absolute Gasteiger partial charge is 0.496 e. The van der Waals surface area contributed by atoms with Gasteiger partial charge in [-0.1, -0.05) is 25.1 Å². The van der Waals surface area contributed by atoms with E-state index < -0.39 is 0 Å². The van der Waals surface area contributed by atoms with Crippen molar-refractivity contribution in [3.05, 3.63) is 29.8 Å². The lowest BCUT2D eigenvalue weighted by Crippen LogP contribution is -2.42. The van der Waals surface area contributed by atoms with Crippen LogP contribution in [0.1, 0.15) is 18.9 Å². The van der Waals surface area contributed by atoms with Crippen LogP contribution in [0.5, 0.6) is 5.75 Å². The molecule has 1 aliphatic rings. The van der Waals surface area contributed by atoms with Crippen molar-refractivity contribution < 1.29 is 9.53 Å². The average molecular weight is 276 g/mol. The highest BCUT2D eigenvalue weighted by Gasteiger charge is 2.21. The Labute approximate surface area is 120 Å². The van der Waals surface area contributed by atoms with Crippen molar-refractivity contribution in [1.82, 2.24) is 10.6 Å². The highest BCUT2D eigenvalue weighted by atomic mass is 16.5. The number of rotatable bonds is 5. The van der Waals surface area contributed by atoms with E-state index in [1.165, 1.54) is 6.42 Å². The van der Waals surface area contributed by atoms with Crippen LogP contribution in [0.25, 0.3) is 0 Å². The second-order valence-corrected chi connectivity index (χ2v) is 5.52. The highest BCUT2D eigenvalue weighted by Crippen LogP contribution is 2.19. The SMILES string of the molecule is COc1ccccc1CC(=O)NCC1CNCCC1C. The Bertz CT molecular complexity index is 448. The van der Waals surface area contributed by atoms with Crippen LogP contribution in [-0.4, -0.2) is 32.7 Å². The van der Waals surface area contributed by atoms with Crippen molar-refractivity contribution in [3.8, 4) is 5.75 Å². The fourth-order valence-corrected chi connectivity index (χ4v) is 2.66. The van der Waals surface area contributed by atoms with Crippen LogP contribution in [-0.2, 0) is 11.2 Å². The maximum atomic E-state index is 12.0. The van der Waals surface area contributed by atoms with Gasteiger partial charge in [0.25, 0.3) is 0 Å². The van der Waals surface area contributed by atoms with Gasteiger partial charge in [-0.25, -0.2) is 0 Å². The number of nitrogens with one attached hydrogen (secondary N) is 2. The van der Waals surface area contributed by atoms with Crippen molar-refractivity contribution in [2.24, 2.45) is 11.8 Å². The molecule has 20 heavy (non-hydrogen) atoms. The molecule has 0 aromatic heterocycles. The molecule has 1 heterocycles. The molecule has 0 spiro atoms. The average Bonchev–Trinajstić information content (AvgIpc) is 2.47. The number of methoxy groups -OCH3 is 1. The van der Waals surface area contributed by atoms with Crippen molar-refractivity contribution in [2.45, 2.75) is 19.8 Å². The van der Waals surface area contributed by atoms with Gasteiger partial charge in [0, 0.05) is 12.1 Å². The summed E-state index contributed by atoms with van der Waals surface area (Å²) in [5.41, 5.74) is 0.933. The van der Waals surface area contributed by atoms with Crippen LogP contribution in [0.4, 0.5) is 0 Å². The monoisotopic (exact) mass is 276 g/mol. The number of benzene rings is 1. The molecule has 2 rings (SSSR count). The predicted octanol–water partition coefficient (Wildman–Crippen LogP) is 1.60. The zero-order valence-corrected chi connectivity index (χ0v) is 12.3. The number of carbonyl (C=O) groups is 1. The molecule has 1 fully saturated rings. The molecule has 1 aliphatic heterocycles. The molecule has 0 saturated carbocycles. The third kappa shape index (κ3) is 3.97. The van der Waals surface area contributed by atoms with Crippen molar-refractivity contribution in [1.29, 1.82) is 0 Å². The van der Waals surface area contributed by atoms with Gasteiger partial charge in [-0.3, -0.25) is 4.79 Å². The van der Waals surface area contributed by atoms with Gasteiger partial charge < -0.3 is 15.4 Å². The molecule has 0 radical (unpaired) electrons. The molecule has 1 amide bonds. The van der Waals surface area contributed by atoms with Crippen LogP contribution in [0.3, 0.4) is 0 Å². The van der Waals surface area contributed by atoms with Crippen LogP contribution in [0.15, 0.2) is 24.3 Å². The predicted molar refractivity (Wildman–Crippen MR) is 79.8 cm³/mol. The summed E-state index contributed by atoms with van der Waals surface area (Å²) in [5, 5.41) is 6.43. The van der Waals surface area contributed by atoms with E-state index >= 15 is 0 Å². The van der Waals surface area contributed by atoms with Crippen LogP contribution < -0.4 is 15.4 Å². The molecule has 4 nitrogen and oxygen atoms in total. The molecular formula is C16H24N2O2. The first-order valence-corrected chi connectivity index (χ1v) is 7.30.